The van der Waals surface area contributed by atoms with Crippen LogP contribution in [0.2, 0.25) is 0 Å². The molecule has 1 aromatic heterocycles. The molecule has 3 nitrogen and oxygen atoms in total. The van der Waals surface area contributed by atoms with E-state index in [2.05, 4.69) is 35.8 Å². The van der Waals surface area contributed by atoms with Crippen molar-refractivity contribution in [3.63, 3.8) is 0 Å². The Hall–Kier alpha value is -1.65. The van der Waals surface area contributed by atoms with Crippen molar-refractivity contribution in [1.82, 2.24) is 10.2 Å². The Labute approximate surface area is 129 Å². The van der Waals surface area contributed by atoms with Crippen molar-refractivity contribution in [2.45, 2.75) is 32.5 Å². The Morgan fingerprint density at radius 3 is 2.90 bits per heavy atom. The number of thiophene rings is 1. The highest BCUT2D eigenvalue weighted by molar-refractivity contribution is 7.09. The van der Waals surface area contributed by atoms with Gasteiger partial charge in [-0.25, -0.2) is 0 Å². The molecule has 1 amide bonds. The molecular formula is C17H20N2OS. The van der Waals surface area contributed by atoms with Crippen LogP contribution in [-0.2, 0) is 19.5 Å². The monoisotopic (exact) mass is 300 g/mol. The topological polar surface area (TPSA) is 32.3 Å². The van der Waals surface area contributed by atoms with Crippen molar-refractivity contribution in [3.8, 4) is 0 Å². The van der Waals surface area contributed by atoms with E-state index >= 15 is 0 Å². The van der Waals surface area contributed by atoms with Crippen molar-refractivity contribution >= 4 is 17.2 Å². The quantitative estimate of drug-likeness (QED) is 0.941. The highest BCUT2D eigenvalue weighted by Crippen LogP contribution is 2.19. The van der Waals surface area contributed by atoms with E-state index in [-0.39, 0.29) is 11.9 Å². The van der Waals surface area contributed by atoms with Crippen LogP contribution in [0.3, 0.4) is 0 Å². The molecule has 0 aliphatic carbocycles. The fourth-order valence-electron chi connectivity index (χ4n) is 2.69. The summed E-state index contributed by atoms with van der Waals surface area (Å²) in [5.74, 6) is 0.105. The summed E-state index contributed by atoms with van der Waals surface area (Å²) in [7, 11) is 1.89. The highest BCUT2D eigenvalue weighted by Gasteiger charge is 2.20. The minimum Gasteiger partial charge on any atom is -0.339 e. The zero-order valence-corrected chi connectivity index (χ0v) is 13.2. The summed E-state index contributed by atoms with van der Waals surface area (Å²) >= 11 is 1.75. The molecule has 2 aromatic rings. The predicted octanol–water partition coefficient (Wildman–Crippen LogP) is 3.05. The van der Waals surface area contributed by atoms with Crippen LogP contribution in [0, 0.1) is 0 Å². The Morgan fingerprint density at radius 2 is 2.14 bits per heavy atom. The van der Waals surface area contributed by atoms with Crippen LogP contribution in [0.5, 0.6) is 0 Å². The van der Waals surface area contributed by atoms with E-state index in [9.17, 15) is 4.79 Å². The van der Waals surface area contributed by atoms with Crippen LogP contribution >= 0.6 is 11.3 Å². The lowest BCUT2D eigenvalue weighted by atomic mass is 10.0. The molecule has 4 heteroatoms. The summed E-state index contributed by atoms with van der Waals surface area (Å²) in [6, 6.07) is 10.4. The molecule has 0 spiro atoms. The Morgan fingerprint density at radius 1 is 1.33 bits per heavy atom. The Bertz CT molecular complexity index is 636. The van der Waals surface area contributed by atoms with Crippen molar-refractivity contribution < 1.29 is 4.79 Å². The van der Waals surface area contributed by atoms with E-state index in [1.54, 1.807) is 11.3 Å². The summed E-state index contributed by atoms with van der Waals surface area (Å²) in [6.07, 6.45) is 0.909. The maximum absolute atomic E-state index is 12.6. The van der Waals surface area contributed by atoms with E-state index in [1.807, 2.05) is 24.1 Å². The van der Waals surface area contributed by atoms with Gasteiger partial charge in [0.1, 0.15) is 0 Å². The van der Waals surface area contributed by atoms with Crippen LogP contribution < -0.4 is 5.32 Å². The molecule has 110 valence electrons. The van der Waals surface area contributed by atoms with Gasteiger partial charge in [-0.1, -0.05) is 12.1 Å². The SMILES string of the molecule is CC(Cc1cccs1)N(C)C(=O)c1ccc2c(c1)CNC2. The van der Waals surface area contributed by atoms with Crippen molar-refractivity contribution in [3.05, 3.63) is 57.3 Å². The third-order valence-corrected chi connectivity index (χ3v) is 5.04. The number of carbonyl (C=O) groups is 1. The summed E-state index contributed by atoms with van der Waals surface area (Å²) in [5, 5.41) is 5.39. The van der Waals surface area contributed by atoms with Crippen molar-refractivity contribution in [1.29, 1.82) is 0 Å². The largest absolute Gasteiger partial charge is 0.339 e. The second-order valence-electron chi connectivity index (χ2n) is 5.64. The highest BCUT2D eigenvalue weighted by atomic mass is 32.1. The smallest absolute Gasteiger partial charge is 0.253 e. The summed E-state index contributed by atoms with van der Waals surface area (Å²) in [5.41, 5.74) is 3.35. The molecule has 3 rings (SSSR count). The number of carbonyl (C=O) groups excluding carboxylic acids is 1. The van der Waals surface area contributed by atoms with Gasteiger partial charge in [-0.2, -0.15) is 0 Å². The van der Waals surface area contributed by atoms with Gasteiger partial charge in [0.2, 0.25) is 0 Å². The van der Waals surface area contributed by atoms with Crippen molar-refractivity contribution in [2.75, 3.05) is 7.05 Å². The second kappa shape index (κ2) is 6.00. The molecule has 0 saturated carbocycles. The number of nitrogens with one attached hydrogen (secondary N) is 1. The van der Waals surface area contributed by atoms with Gasteiger partial charge in [0, 0.05) is 43.0 Å². The van der Waals surface area contributed by atoms with Gasteiger partial charge < -0.3 is 10.2 Å². The normalized spacial score (nSPS) is 14.8. The molecule has 0 bridgehead atoms. The van der Waals surface area contributed by atoms with Crippen molar-refractivity contribution in [2.24, 2.45) is 0 Å². The average Bonchev–Trinajstić information content (AvgIpc) is 3.15. The molecular weight excluding hydrogens is 280 g/mol. The van der Waals surface area contributed by atoms with E-state index < -0.39 is 0 Å². The number of benzene rings is 1. The van der Waals surface area contributed by atoms with Gasteiger partial charge in [-0.05, 0) is 41.6 Å². The molecule has 1 N–H and O–H groups in total. The number of rotatable bonds is 4. The standard InChI is InChI=1S/C17H20N2OS/c1-12(8-16-4-3-7-21-16)19(2)17(20)13-5-6-14-10-18-11-15(14)9-13/h3-7,9,12,18H,8,10-11H2,1-2H3. The number of fused-ring (bicyclic) bond motifs is 1. The first kappa shape index (κ1) is 14.3. The number of nitrogens with zero attached hydrogens (tertiary/aromatic N) is 1. The van der Waals surface area contributed by atoms with Gasteiger partial charge in [0.25, 0.3) is 5.91 Å². The number of amides is 1. The van der Waals surface area contributed by atoms with Gasteiger partial charge in [-0.15, -0.1) is 11.3 Å². The van der Waals surface area contributed by atoms with Crippen LogP contribution in [0.25, 0.3) is 0 Å². The lowest BCUT2D eigenvalue weighted by Gasteiger charge is -2.25. The Balaban J connectivity index is 1.71. The van der Waals surface area contributed by atoms with E-state index in [0.29, 0.717) is 0 Å². The van der Waals surface area contributed by atoms with Crippen LogP contribution in [0.4, 0.5) is 0 Å². The minimum atomic E-state index is 0.105. The minimum absolute atomic E-state index is 0.105. The maximum atomic E-state index is 12.6. The van der Waals surface area contributed by atoms with Crippen LogP contribution in [0.1, 0.15) is 33.3 Å². The Kier molecular flexibility index (Phi) is 4.08. The summed E-state index contributed by atoms with van der Waals surface area (Å²) < 4.78 is 0. The van der Waals surface area contributed by atoms with Gasteiger partial charge >= 0.3 is 0 Å². The van der Waals surface area contributed by atoms with Gasteiger partial charge in [0.05, 0.1) is 0 Å². The van der Waals surface area contributed by atoms with Gasteiger partial charge in [0.15, 0.2) is 0 Å². The first-order chi connectivity index (χ1) is 10.1. The van der Waals surface area contributed by atoms with Gasteiger partial charge in [-0.3, -0.25) is 4.79 Å². The number of hydrogen-bond acceptors (Lipinski definition) is 3. The van der Waals surface area contributed by atoms with E-state index in [1.165, 1.54) is 16.0 Å². The van der Waals surface area contributed by atoms with E-state index in [4.69, 9.17) is 0 Å². The molecule has 2 heterocycles. The fraction of sp³-hybridized carbons (Fsp3) is 0.353. The molecule has 0 saturated heterocycles. The molecule has 0 radical (unpaired) electrons. The third kappa shape index (κ3) is 3.01. The zero-order chi connectivity index (χ0) is 14.8. The van der Waals surface area contributed by atoms with Crippen LogP contribution in [0.15, 0.2) is 35.7 Å². The first-order valence-electron chi connectivity index (χ1n) is 7.27. The molecule has 1 aliphatic rings. The summed E-state index contributed by atoms with van der Waals surface area (Å²) in [6.45, 7) is 3.88. The molecule has 21 heavy (non-hydrogen) atoms. The molecule has 1 aliphatic heterocycles. The number of likely N-dealkylation sites (N-methyl/N-ethyl adjacent to an activating group) is 1. The molecule has 1 unspecified atom stereocenters. The third-order valence-electron chi connectivity index (χ3n) is 4.14. The predicted molar refractivity (Wildman–Crippen MR) is 86.6 cm³/mol. The molecule has 1 aromatic carbocycles. The zero-order valence-electron chi connectivity index (χ0n) is 12.4. The summed E-state index contributed by atoms with van der Waals surface area (Å²) in [4.78, 5) is 15.8. The van der Waals surface area contributed by atoms with Crippen LogP contribution in [-0.4, -0.2) is 23.9 Å². The second-order valence-corrected chi connectivity index (χ2v) is 6.67. The lowest BCUT2D eigenvalue weighted by Crippen LogP contribution is -2.36. The molecule has 1 atom stereocenters. The number of hydrogen-bond donors (Lipinski definition) is 1. The first-order valence-corrected chi connectivity index (χ1v) is 8.15. The fourth-order valence-corrected chi connectivity index (χ4v) is 3.51. The average molecular weight is 300 g/mol. The molecule has 0 fully saturated rings. The lowest BCUT2D eigenvalue weighted by molar-refractivity contribution is 0.0744. The van der Waals surface area contributed by atoms with E-state index in [0.717, 1.165) is 25.1 Å². The maximum Gasteiger partial charge on any atom is 0.253 e.